The van der Waals surface area contributed by atoms with Gasteiger partial charge in [0, 0.05) is 97.2 Å². The molecule has 0 saturated heterocycles. The van der Waals surface area contributed by atoms with Crippen LogP contribution in [0.5, 0.6) is 0 Å². The lowest BCUT2D eigenvalue weighted by molar-refractivity contribution is -0.660. The predicted octanol–water partition coefficient (Wildman–Crippen LogP) is 18.6. The average Bonchev–Trinajstić information content (AvgIpc) is 0.848. The first-order chi connectivity index (χ1) is 46.8. The van der Waals surface area contributed by atoms with Crippen LogP contribution in [0.15, 0.2) is 219 Å². The first-order valence-electron chi connectivity index (χ1n) is 35.0. The largest absolute Gasteiger partial charge is 0.215 e. The zero-order chi connectivity index (χ0) is 72.7. The summed E-state index contributed by atoms with van der Waals surface area (Å²) in [6.07, 6.45) is 12.5. The monoisotopic (exact) mass is 1280 g/mol. The van der Waals surface area contributed by atoms with Gasteiger partial charge in [-0.15, -0.1) is 0 Å². The van der Waals surface area contributed by atoms with Gasteiger partial charge < -0.3 is 0 Å². The van der Waals surface area contributed by atoms with E-state index in [1.165, 1.54) is 145 Å². The first-order valence-corrected chi connectivity index (χ1v) is 33.5. The van der Waals surface area contributed by atoms with E-state index in [2.05, 4.69) is 362 Å². The van der Waals surface area contributed by atoms with E-state index in [-0.39, 0.29) is 0 Å². The van der Waals surface area contributed by atoms with Crippen LogP contribution in [-0.2, 0) is 42.3 Å². The van der Waals surface area contributed by atoms with Crippen LogP contribution in [0, 0.1) is 125 Å². The molecule has 0 saturated carbocycles. The van der Waals surface area contributed by atoms with Crippen LogP contribution in [0.3, 0.4) is 0 Å². The van der Waals surface area contributed by atoms with Gasteiger partial charge in [-0.3, -0.25) is 0 Å². The van der Waals surface area contributed by atoms with Crippen molar-refractivity contribution >= 4 is 0 Å². The molecule has 0 unspecified atom stereocenters. The van der Waals surface area contributed by atoms with Crippen molar-refractivity contribution in [3.05, 3.63) is 319 Å². The van der Waals surface area contributed by atoms with Gasteiger partial charge in [0.05, 0.1) is 11.1 Å². The molecule has 6 aromatic heterocycles. The summed E-state index contributed by atoms with van der Waals surface area (Å²) in [5.41, 5.74) is 38.1. The van der Waals surface area contributed by atoms with E-state index in [4.69, 9.17) is 4.11 Å². The molecule has 0 aliphatic heterocycles. The SMILES string of the molecule is Cc1ccc(-c2c(C)ccc[n+]2C)c(C)c1.Cc1ccc(C)c(-c2cccc[n+]2C)c1C.Cc1ccc(C)c(-c2cccc[n+]2C)c1C.Cc1cccc(-c2c(C)ccc[n+]2C)c1C.Cc1cccc(-c2c(C)ccc[n+]2C)c1C.[2H]C([2H])([2H])c1ccc(-c2c(C)ccc[n+]2C)c(C)c1. The van der Waals surface area contributed by atoms with Crippen LogP contribution in [-0.4, -0.2) is 0 Å². The van der Waals surface area contributed by atoms with Crippen LogP contribution >= 0.6 is 0 Å². The van der Waals surface area contributed by atoms with E-state index in [0.717, 1.165) is 16.8 Å². The number of pyridine rings is 6. The van der Waals surface area contributed by atoms with Crippen molar-refractivity contribution in [2.75, 3.05) is 0 Å². The summed E-state index contributed by atoms with van der Waals surface area (Å²) < 4.78 is 35.4. The van der Waals surface area contributed by atoms with Crippen LogP contribution in [0.2, 0.25) is 0 Å². The number of rotatable bonds is 6. The van der Waals surface area contributed by atoms with Crippen molar-refractivity contribution < 1.29 is 31.5 Å². The van der Waals surface area contributed by atoms with E-state index < -0.39 is 6.85 Å². The molecular weight excluding hydrogens is 1170 g/mol. The Bertz CT molecular complexity index is 4540. The molecule has 0 bridgehead atoms. The molecule has 0 fully saturated rings. The zero-order valence-corrected chi connectivity index (χ0v) is 62.0. The van der Waals surface area contributed by atoms with E-state index in [1.807, 2.05) is 32.3 Å². The second-order valence-corrected chi connectivity index (χ2v) is 26.2. The van der Waals surface area contributed by atoms with E-state index in [9.17, 15) is 0 Å². The lowest BCUT2D eigenvalue weighted by Crippen LogP contribution is -2.31. The van der Waals surface area contributed by atoms with Gasteiger partial charge in [0.15, 0.2) is 37.2 Å². The number of hydrogen-bond acceptors (Lipinski definition) is 0. The van der Waals surface area contributed by atoms with Gasteiger partial charge in [0.25, 0.3) is 0 Å². The van der Waals surface area contributed by atoms with Crippen LogP contribution in [0.1, 0.15) is 104 Å². The van der Waals surface area contributed by atoms with Crippen LogP contribution in [0.4, 0.5) is 0 Å². The molecule has 0 amide bonds. The minimum atomic E-state index is -2.04. The second kappa shape index (κ2) is 33.6. The summed E-state index contributed by atoms with van der Waals surface area (Å²) in [5.74, 6) is 0. The van der Waals surface area contributed by atoms with Gasteiger partial charge in [-0.2, -0.15) is 0 Å². The Kier molecular flexibility index (Phi) is 24.1. The summed E-state index contributed by atoms with van der Waals surface area (Å²) in [6.45, 7) is 34.6. The molecule has 6 aromatic carbocycles. The molecular formula is C90H108N6+6. The molecule has 0 aliphatic rings. The minimum absolute atomic E-state index is 0.394. The topological polar surface area (TPSA) is 23.3 Å². The molecule has 0 atom stereocenters. The van der Waals surface area contributed by atoms with Crippen LogP contribution in [0.25, 0.3) is 67.5 Å². The molecule has 96 heavy (non-hydrogen) atoms. The average molecular weight is 1280 g/mol. The summed E-state index contributed by atoms with van der Waals surface area (Å²) >= 11 is 0. The van der Waals surface area contributed by atoms with Crippen molar-refractivity contribution in [1.29, 1.82) is 0 Å². The Morgan fingerprint density at radius 2 is 0.510 bits per heavy atom. The molecule has 6 nitrogen and oxygen atoms in total. The maximum absolute atomic E-state index is 7.46. The highest BCUT2D eigenvalue weighted by molar-refractivity contribution is 5.70. The van der Waals surface area contributed by atoms with Gasteiger partial charge >= 0.3 is 0 Å². The second-order valence-electron chi connectivity index (χ2n) is 26.2. The van der Waals surface area contributed by atoms with Gasteiger partial charge in [0.2, 0.25) is 34.2 Å². The molecule has 12 rings (SSSR count). The Morgan fingerprint density at radius 1 is 0.219 bits per heavy atom. The highest BCUT2D eigenvalue weighted by Gasteiger charge is 2.21. The Hall–Kier alpha value is -9.78. The van der Waals surface area contributed by atoms with Crippen molar-refractivity contribution in [3.8, 4) is 67.5 Å². The fourth-order valence-corrected chi connectivity index (χ4v) is 12.9. The van der Waals surface area contributed by atoms with E-state index >= 15 is 0 Å². The number of nitrogens with zero attached hydrogens (tertiary/aromatic N) is 6. The fraction of sp³-hybridized carbons (Fsp3) is 0.267. The minimum Gasteiger partial charge on any atom is -0.201 e. The molecule has 0 aliphatic carbocycles. The van der Waals surface area contributed by atoms with E-state index in [1.54, 1.807) is 12.1 Å². The lowest BCUT2D eigenvalue weighted by atomic mass is 9.95. The van der Waals surface area contributed by atoms with Crippen LogP contribution < -0.4 is 27.4 Å². The number of hydrogen-bond donors (Lipinski definition) is 0. The molecule has 0 radical (unpaired) electrons. The normalized spacial score (nSPS) is 11.1. The van der Waals surface area contributed by atoms with Gasteiger partial charge in [-0.25, -0.2) is 27.4 Å². The third kappa shape index (κ3) is 18.0. The Morgan fingerprint density at radius 3 is 0.833 bits per heavy atom. The maximum Gasteiger partial charge on any atom is 0.215 e. The molecule has 6 heteroatoms. The van der Waals surface area contributed by atoms with Gasteiger partial charge in [0.1, 0.15) is 42.3 Å². The Labute approximate surface area is 582 Å². The number of aromatic nitrogens is 6. The van der Waals surface area contributed by atoms with Crippen molar-refractivity contribution in [2.24, 2.45) is 42.3 Å². The van der Waals surface area contributed by atoms with E-state index in [0.29, 0.717) is 5.56 Å². The standard InChI is InChI=1S/6C15H18N/c2*1-11-7-5-9-14(13(11)3)15-12(2)8-6-10-16(15)4;2*1-11-7-8-14(13(3)10-11)15-12(2)6-5-9-16(15)4;2*1-11-8-9-12(2)15(13(11)3)14-7-5-6-10-16(14)4/h6*5-10H,1-4H3/q6*+1/i;;1D3;;;. The van der Waals surface area contributed by atoms with Crippen molar-refractivity contribution in [2.45, 2.75) is 125 Å². The highest BCUT2D eigenvalue weighted by atomic mass is 14.9. The summed E-state index contributed by atoms with van der Waals surface area (Å²) in [5, 5.41) is 0. The van der Waals surface area contributed by atoms with Crippen molar-refractivity contribution in [3.63, 3.8) is 0 Å². The zero-order valence-electron chi connectivity index (χ0n) is 65.0. The molecule has 6 heterocycles. The quantitative estimate of drug-likeness (QED) is 0.148. The van der Waals surface area contributed by atoms with Crippen molar-refractivity contribution in [1.82, 2.24) is 0 Å². The maximum atomic E-state index is 7.46. The first kappa shape index (κ1) is 69.1. The number of aryl methyl sites for hydroxylation is 20. The third-order valence-electron chi connectivity index (χ3n) is 18.9. The summed E-state index contributed by atoms with van der Waals surface area (Å²) in [4.78, 5) is 0. The van der Waals surface area contributed by atoms with Gasteiger partial charge in [-0.05, 0) is 252 Å². The summed E-state index contributed by atoms with van der Waals surface area (Å²) in [7, 11) is 12.5. The number of benzene rings is 6. The molecule has 0 spiro atoms. The molecule has 0 N–H and O–H groups in total. The molecule has 12 aromatic rings. The fourth-order valence-electron chi connectivity index (χ4n) is 12.9. The smallest absolute Gasteiger partial charge is 0.201 e. The predicted molar refractivity (Wildman–Crippen MR) is 404 cm³/mol. The highest BCUT2D eigenvalue weighted by Crippen LogP contribution is 2.31. The lowest BCUT2D eigenvalue weighted by Gasteiger charge is -2.10. The Balaban J connectivity index is 0.000000167. The summed E-state index contributed by atoms with van der Waals surface area (Å²) in [6, 6.07) is 63.2. The molecule has 492 valence electrons. The third-order valence-corrected chi connectivity index (χ3v) is 18.9. The van der Waals surface area contributed by atoms with Gasteiger partial charge in [-0.1, -0.05) is 83.9 Å².